The standard InChI is InChI=1S/C14H24N4O4S2/c1-6-22-13(19)11-9(2)17-12(23-11)10(3)18-14(15-4)16-7-8-24(5,20)21/h10H,6-8H2,1-5H3,(H2,15,16,18). The van der Waals surface area contributed by atoms with Gasteiger partial charge in [-0.15, -0.1) is 11.3 Å². The van der Waals surface area contributed by atoms with E-state index in [-0.39, 0.29) is 24.3 Å². The maximum Gasteiger partial charge on any atom is 0.350 e. The second-order valence-corrected chi connectivity index (χ2v) is 8.47. The zero-order chi connectivity index (χ0) is 18.3. The number of sulfone groups is 1. The van der Waals surface area contributed by atoms with E-state index in [1.54, 1.807) is 20.9 Å². The predicted octanol–water partition coefficient (Wildman–Crippen LogP) is 0.899. The fraction of sp³-hybridized carbons (Fsp3) is 0.643. The molecule has 8 nitrogen and oxygen atoms in total. The highest BCUT2D eigenvalue weighted by Crippen LogP contribution is 2.24. The summed E-state index contributed by atoms with van der Waals surface area (Å²) < 4.78 is 27.3. The van der Waals surface area contributed by atoms with Gasteiger partial charge in [0.1, 0.15) is 19.7 Å². The SMILES string of the molecule is CCOC(=O)c1sc(C(C)NC(=NC)NCCS(C)(=O)=O)nc1C. The zero-order valence-electron chi connectivity index (χ0n) is 14.5. The number of guanidine groups is 1. The second-order valence-electron chi connectivity index (χ2n) is 5.18. The lowest BCUT2D eigenvalue weighted by atomic mass is 10.3. The topological polar surface area (TPSA) is 110 Å². The lowest BCUT2D eigenvalue weighted by molar-refractivity contribution is 0.0531. The van der Waals surface area contributed by atoms with Gasteiger partial charge in [-0.25, -0.2) is 18.2 Å². The summed E-state index contributed by atoms with van der Waals surface area (Å²) in [5, 5.41) is 6.78. The molecule has 0 bridgehead atoms. The Labute approximate surface area is 146 Å². The van der Waals surface area contributed by atoms with Gasteiger partial charge >= 0.3 is 5.97 Å². The van der Waals surface area contributed by atoms with E-state index < -0.39 is 9.84 Å². The van der Waals surface area contributed by atoms with Gasteiger partial charge in [0.15, 0.2) is 5.96 Å². The molecule has 0 aromatic carbocycles. The third-order valence-corrected chi connectivity index (χ3v) is 5.25. The first-order valence-corrected chi connectivity index (χ1v) is 10.3. The van der Waals surface area contributed by atoms with E-state index >= 15 is 0 Å². The molecule has 0 fully saturated rings. The zero-order valence-corrected chi connectivity index (χ0v) is 16.2. The summed E-state index contributed by atoms with van der Waals surface area (Å²) in [4.78, 5) is 20.8. The molecule has 0 aliphatic carbocycles. The van der Waals surface area contributed by atoms with E-state index in [1.807, 2.05) is 6.92 Å². The van der Waals surface area contributed by atoms with Crippen molar-refractivity contribution in [3.8, 4) is 0 Å². The molecule has 0 spiro atoms. The van der Waals surface area contributed by atoms with Crippen LogP contribution in [0.5, 0.6) is 0 Å². The summed E-state index contributed by atoms with van der Waals surface area (Å²) in [5.74, 6) is 0.115. The van der Waals surface area contributed by atoms with Gasteiger partial charge in [-0.3, -0.25) is 4.99 Å². The molecule has 1 heterocycles. The third kappa shape index (κ3) is 6.44. The molecule has 0 radical (unpaired) electrons. The Kier molecular flexibility index (Phi) is 7.61. The molecule has 1 aromatic heterocycles. The van der Waals surface area contributed by atoms with Crippen LogP contribution in [0, 0.1) is 6.92 Å². The van der Waals surface area contributed by atoms with E-state index in [0.29, 0.717) is 23.1 Å². The number of aliphatic imine (C=N–C) groups is 1. The van der Waals surface area contributed by atoms with Crippen LogP contribution in [-0.4, -0.2) is 57.5 Å². The second kappa shape index (κ2) is 8.97. The Hall–Kier alpha value is -1.68. The van der Waals surface area contributed by atoms with Gasteiger partial charge in [-0.1, -0.05) is 0 Å². The highest BCUT2D eigenvalue weighted by Gasteiger charge is 2.20. The molecule has 0 saturated carbocycles. The maximum absolute atomic E-state index is 11.8. The van der Waals surface area contributed by atoms with E-state index in [9.17, 15) is 13.2 Å². The van der Waals surface area contributed by atoms with Crippen molar-refractivity contribution in [1.29, 1.82) is 0 Å². The van der Waals surface area contributed by atoms with Crippen molar-refractivity contribution < 1.29 is 17.9 Å². The maximum atomic E-state index is 11.8. The molecule has 0 saturated heterocycles. The van der Waals surface area contributed by atoms with Crippen LogP contribution in [0.1, 0.15) is 40.3 Å². The smallest absolute Gasteiger partial charge is 0.350 e. The van der Waals surface area contributed by atoms with Crippen LogP contribution < -0.4 is 10.6 Å². The van der Waals surface area contributed by atoms with Gasteiger partial charge in [0.2, 0.25) is 0 Å². The fourth-order valence-electron chi connectivity index (χ4n) is 1.80. The molecule has 2 N–H and O–H groups in total. The molecule has 1 atom stereocenters. The van der Waals surface area contributed by atoms with Crippen molar-refractivity contribution in [3.63, 3.8) is 0 Å². The largest absolute Gasteiger partial charge is 0.462 e. The lowest BCUT2D eigenvalue weighted by Gasteiger charge is -2.15. The molecular weight excluding hydrogens is 352 g/mol. The molecular formula is C14H24N4O4S2. The first kappa shape index (κ1) is 20.4. The predicted molar refractivity (Wildman–Crippen MR) is 95.4 cm³/mol. The highest BCUT2D eigenvalue weighted by atomic mass is 32.2. The number of esters is 1. The first-order chi connectivity index (χ1) is 11.2. The van der Waals surface area contributed by atoms with Crippen LogP contribution in [0.3, 0.4) is 0 Å². The Morgan fingerprint density at radius 1 is 1.46 bits per heavy atom. The van der Waals surface area contributed by atoms with Gasteiger partial charge in [0.25, 0.3) is 0 Å². The number of ether oxygens (including phenoxy) is 1. The summed E-state index contributed by atoms with van der Waals surface area (Å²) in [5.41, 5.74) is 0.627. The number of hydrogen-bond donors (Lipinski definition) is 2. The van der Waals surface area contributed by atoms with Crippen molar-refractivity contribution in [1.82, 2.24) is 15.6 Å². The lowest BCUT2D eigenvalue weighted by Crippen LogP contribution is -2.40. The molecule has 0 amide bonds. The monoisotopic (exact) mass is 376 g/mol. The number of nitrogens with zero attached hydrogens (tertiary/aromatic N) is 2. The Balaban J connectivity index is 2.71. The van der Waals surface area contributed by atoms with Crippen LogP contribution in [0.2, 0.25) is 0 Å². The van der Waals surface area contributed by atoms with Gasteiger partial charge in [0.05, 0.1) is 24.1 Å². The summed E-state index contributed by atoms with van der Waals surface area (Å²) in [6, 6.07) is -0.193. The van der Waals surface area contributed by atoms with Crippen LogP contribution in [0.25, 0.3) is 0 Å². The number of thiazole rings is 1. The van der Waals surface area contributed by atoms with Gasteiger partial charge in [-0.05, 0) is 20.8 Å². The number of carbonyl (C=O) groups is 1. The molecule has 1 rings (SSSR count). The van der Waals surface area contributed by atoms with Crippen LogP contribution in [0.4, 0.5) is 0 Å². The average molecular weight is 377 g/mol. The van der Waals surface area contributed by atoms with Crippen molar-refractivity contribution in [2.24, 2.45) is 4.99 Å². The molecule has 1 unspecified atom stereocenters. The van der Waals surface area contributed by atoms with Crippen molar-refractivity contribution in [2.45, 2.75) is 26.8 Å². The number of nitrogens with one attached hydrogen (secondary N) is 2. The van der Waals surface area contributed by atoms with Crippen molar-refractivity contribution in [3.05, 3.63) is 15.6 Å². The quantitative estimate of drug-likeness (QED) is 0.413. The van der Waals surface area contributed by atoms with Crippen LogP contribution in [0.15, 0.2) is 4.99 Å². The Bertz CT molecular complexity index is 698. The number of aryl methyl sites for hydroxylation is 1. The van der Waals surface area contributed by atoms with Gasteiger partial charge in [0, 0.05) is 19.8 Å². The normalized spacial score (nSPS) is 13.5. The summed E-state index contributed by atoms with van der Waals surface area (Å²) >= 11 is 1.27. The number of rotatable bonds is 7. The molecule has 0 aliphatic heterocycles. The first-order valence-electron chi connectivity index (χ1n) is 7.47. The highest BCUT2D eigenvalue weighted by molar-refractivity contribution is 7.90. The third-order valence-electron chi connectivity index (χ3n) is 2.99. The van der Waals surface area contributed by atoms with Crippen LogP contribution in [-0.2, 0) is 14.6 Å². The van der Waals surface area contributed by atoms with Crippen molar-refractivity contribution >= 4 is 33.1 Å². The Morgan fingerprint density at radius 2 is 2.12 bits per heavy atom. The number of hydrogen-bond acceptors (Lipinski definition) is 7. The summed E-state index contributed by atoms with van der Waals surface area (Å²) in [6.45, 7) is 5.98. The molecule has 10 heteroatoms. The number of aromatic nitrogens is 1. The minimum atomic E-state index is -3.03. The minimum absolute atomic E-state index is 0.0193. The summed E-state index contributed by atoms with van der Waals surface area (Å²) in [6.07, 6.45) is 1.18. The van der Waals surface area contributed by atoms with Crippen LogP contribution >= 0.6 is 11.3 Å². The Morgan fingerprint density at radius 3 is 2.67 bits per heavy atom. The van der Waals surface area contributed by atoms with Gasteiger partial charge in [-0.2, -0.15) is 0 Å². The molecule has 136 valence electrons. The van der Waals surface area contributed by atoms with E-state index in [1.165, 1.54) is 17.6 Å². The number of carbonyl (C=O) groups excluding carboxylic acids is 1. The minimum Gasteiger partial charge on any atom is -0.462 e. The van der Waals surface area contributed by atoms with E-state index in [2.05, 4.69) is 20.6 Å². The molecule has 0 aliphatic rings. The van der Waals surface area contributed by atoms with E-state index in [0.717, 1.165) is 5.01 Å². The average Bonchev–Trinajstić information content (AvgIpc) is 2.87. The summed E-state index contributed by atoms with van der Waals surface area (Å²) in [7, 11) is -1.44. The van der Waals surface area contributed by atoms with Gasteiger partial charge < -0.3 is 15.4 Å². The van der Waals surface area contributed by atoms with E-state index in [4.69, 9.17) is 4.74 Å². The fourth-order valence-corrected chi connectivity index (χ4v) is 3.24. The molecule has 24 heavy (non-hydrogen) atoms. The molecule has 1 aromatic rings. The van der Waals surface area contributed by atoms with Crippen molar-refractivity contribution in [2.75, 3.05) is 32.2 Å².